The van der Waals surface area contributed by atoms with Crippen LogP contribution in [0.15, 0.2) is 71.6 Å². The average Bonchev–Trinajstić information content (AvgIpc) is 2.76. The lowest BCUT2D eigenvalue weighted by atomic mass is 10.3. The van der Waals surface area contributed by atoms with Crippen LogP contribution in [-0.2, 0) is 14.8 Å². The number of carbonyl (C=O) groups excluding carboxylic acids is 1. The van der Waals surface area contributed by atoms with Gasteiger partial charge in [-0.15, -0.1) is 0 Å². The molecule has 0 saturated carbocycles. The van der Waals surface area contributed by atoms with Crippen molar-refractivity contribution >= 4 is 27.3 Å². The van der Waals surface area contributed by atoms with E-state index < -0.39 is 34.2 Å². The van der Waals surface area contributed by atoms with Gasteiger partial charge in [-0.05, 0) is 67.6 Å². The highest BCUT2D eigenvalue weighted by Crippen LogP contribution is 2.21. The van der Waals surface area contributed by atoms with E-state index in [1.54, 1.807) is 24.3 Å². The van der Waals surface area contributed by atoms with Gasteiger partial charge in [0.1, 0.15) is 23.1 Å². The third-order valence-corrected chi connectivity index (χ3v) is 5.52. The van der Waals surface area contributed by atoms with E-state index in [9.17, 15) is 22.0 Å². The van der Waals surface area contributed by atoms with Crippen molar-refractivity contribution in [2.45, 2.75) is 11.8 Å². The summed E-state index contributed by atoms with van der Waals surface area (Å²) in [5.74, 6) is -1.34. The maximum absolute atomic E-state index is 13.6. The van der Waals surface area contributed by atoms with Gasteiger partial charge in [0.2, 0.25) is 0 Å². The summed E-state index contributed by atoms with van der Waals surface area (Å²) in [6, 6.07) is 14.5. The molecule has 0 atom stereocenters. The molecule has 0 aromatic heterocycles. The van der Waals surface area contributed by atoms with E-state index in [0.29, 0.717) is 18.0 Å². The first-order chi connectivity index (χ1) is 15.3. The lowest BCUT2D eigenvalue weighted by Crippen LogP contribution is -2.21. The lowest BCUT2D eigenvalue weighted by molar-refractivity contribution is -0.118. The van der Waals surface area contributed by atoms with Gasteiger partial charge in [0.15, 0.2) is 6.61 Å². The van der Waals surface area contributed by atoms with Crippen molar-refractivity contribution in [1.82, 2.24) is 0 Å². The van der Waals surface area contributed by atoms with Crippen molar-refractivity contribution in [2.75, 3.05) is 23.3 Å². The number of rotatable bonds is 9. The van der Waals surface area contributed by atoms with E-state index >= 15 is 0 Å². The molecule has 0 bridgehead atoms. The number of anilines is 2. The second-order valence-electron chi connectivity index (χ2n) is 6.50. The van der Waals surface area contributed by atoms with Crippen molar-refractivity contribution in [3.63, 3.8) is 0 Å². The largest absolute Gasteiger partial charge is 0.494 e. The van der Waals surface area contributed by atoms with Crippen molar-refractivity contribution < 1.29 is 31.5 Å². The SMILES string of the molecule is CCOc1ccc(NS(=O)(=O)c2ccc(OCC(=O)Nc3cc(F)ccc3F)cc2)cc1. The highest BCUT2D eigenvalue weighted by molar-refractivity contribution is 7.92. The number of hydrogen-bond acceptors (Lipinski definition) is 5. The molecular weight excluding hydrogens is 442 g/mol. The average molecular weight is 462 g/mol. The molecule has 3 aromatic rings. The molecule has 7 nitrogen and oxygen atoms in total. The molecule has 168 valence electrons. The molecular formula is C22H20F2N2O5S. The fraction of sp³-hybridized carbons (Fsp3) is 0.136. The zero-order valence-corrected chi connectivity index (χ0v) is 17.8. The van der Waals surface area contributed by atoms with Crippen LogP contribution in [0.25, 0.3) is 0 Å². The van der Waals surface area contributed by atoms with E-state index in [4.69, 9.17) is 9.47 Å². The number of sulfonamides is 1. The maximum atomic E-state index is 13.6. The Labute approximate surface area is 184 Å². The fourth-order valence-electron chi connectivity index (χ4n) is 2.64. The maximum Gasteiger partial charge on any atom is 0.262 e. The van der Waals surface area contributed by atoms with Gasteiger partial charge < -0.3 is 14.8 Å². The highest BCUT2D eigenvalue weighted by atomic mass is 32.2. The Morgan fingerprint density at radius 1 is 0.906 bits per heavy atom. The number of ether oxygens (including phenoxy) is 2. The van der Waals surface area contributed by atoms with Crippen LogP contribution in [0.2, 0.25) is 0 Å². The van der Waals surface area contributed by atoms with E-state index in [0.717, 1.165) is 18.2 Å². The van der Waals surface area contributed by atoms with Crippen molar-refractivity contribution in [1.29, 1.82) is 0 Å². The van der Waals surface area contributed by atoms with Gasteiger partial charge >= 0.3 is 0 Å². The summed E-state index contributed by atoms with van der Waals surface area (Å²) in [6.07, 6.45) is 0. The van der Waals surface area contributed by atoms with Crippen LogP contribution < -0.4 is 19.5 Å². The summed E-state index contributed by atoms with van der Waals surface area (Å²) in [5.41, 5.74) is 0.0652. The standard InChI is InChI=1S/C22H20F2N2O5S/c1-2-30-17-6-4-16(5-7-17)26-32(28,29)19-10-8-18(9-11-19)31-14-22(27)25-21-13-15(23)3-12-20(21)24/h3-13,26H,2,14H2,1H3,(H,25,27). The van der Waals surface area contributed by atoms with Crippen LogP contribution in [0.1, 0.15) is 6.92 Å². The number of amides is 1. The Morgan fingerprint density at radius 3 is 2.19 bits per heavy atom. The summed E-state index contributed by atoms with van der Waals surface area (Å²) in [5, 5.41) is 2.20. The van der Waals surface area contributed by atoms with Crippen LogP contribution >= 0.6 is 0 Å². The predicted octanol–water partition coefficient (Wildman–Crippen LogP) is 4.18. The first-order valence-electron chi connectivity index (χ1n) is 9.50. The molecule has 0 saturated heterocycles. The second-order valence-corrected chi connectivity index (χ2v) is 8.18. The van der Waals surface area contributed by atoms with E-state index in [1.807, 2.05) is 6.92 Å². The molecule has 10 heteroatoms. The Morgan fingerprint density at radius 2 is 1.53 bits per heavy atom. The Hall–Kier alpha value is -3.66. The van der Waals surface area contributed by atoms with Gasteiger partial charge in [-0.2, -0.15) is 0 Å². The molecule has 0 unspecified atom stereocenters. The van der Waals surface area contributed by atoms with Crippen LogP contribution in [0.4, 0.5) is 20.2 Å². The molecule has 32 heavy (non-hydrogen) atoms. The molecule has 0 spiro atoms. The van der Waals surface area contributed by atoms with Gasteiger partial charge in [-0.25, -0.2) is 17.2 Å². The third-order valence-electron chi connectivity index (χ3n) is 4.12. The molecule has 0 heterocycles. The molecule has 0 aliphatic heterocycles. The minimum absolute atomic E-state index is 0.00924. The van der Waals surface area contributed by atoms with Crippen molar-refractivity contribution in [2.24, 2.45) is 0 Å². The smallest absolute Gasteiger partial charge is 0.262 e. The molecule has 0 fully saturated rings. The van der Waals surface area contributed by atoms with Crippen molar-refractivity contribution in [3.8, 4) is 11.5 Å². The zero-order chi connectivity index (χ0) is 23.1. The molecule has 3 aromatic carbocycles. The number of benzene rings is 3. The third kappa shape index (κ3) is 6.17. The highest BCUT2D eigenvalue weighted by Gasteiger charge is 2.15. The van der Waals surface area contributed by atoms with Gasteiger partial charge in [0.25, 0.3) is 15.9 Å². The zero-order valence-electron chi connectivity index (χ0n) is 17.0. The summed E-state index contributed by atoms with van der Waals surface area (Å²) >= 11 is 0. The number of nitrogens with one attached hydrogen (secondary N) is 2. The number of carbonyl (C=O) groups is 1. The molecule has 0 radical (unpaired) electrons. The summed E-state index contributed by atoms with van der Waals surface area (Å²) < 4.78 is 64.9. The quantitative estimate of drug-likeness (QED) is 0.498. The minimum atomic E-state index is -3.84. The van der Waals surface area contributed by atoms with E-state index in [-0.39, 0.29) is 16.3 Å². The first-order valence-corrected chi connectivity index (χ1v) is 11.0. The summed E-state index contributed by atoms with van der Waals surface area (Å²) in [4.78, 5) is 11.9. The van der Waals surface area contributed by atoms with E-state index in [1.165, 1.54) is 24.3 Å². The number of halogens is 2. The monoisotopic (exact) mass is 462 g/mol. The fourth-order valence-corrected chi connectivity index (χ4v) is 3.70. The predicted molar refractivity (Wildman–Crippen MR) is 115 cm³/mol. The Kier molecular flexibility index (Phi) is 7.26. The van der Waals surface area contributed by atoms with E-state index in [2.05, 4.69) is 10.0 Å². The van der Waals surface area contributed by atoms with Crippen LogP contribution in [-0.4, -0.2) is 27.5 Å². The summed E-state index contributed by atoms with van der Waals surface area (Å²) in [7, 11) is -3.84. The van der Waals surface area contributed by atoms with Gasteiger partial charge in [-0.1, -0.05) is 0 Å². The van der Waals surface area contributed by atoms with Crippen LogP contribution in [0, 0.1) is 11.6 Å². The normalized spacial score (nSPS) is 11.0. The van der Waals surface area contributed by atoms with Crippen LogP contribution in [0.5, 0.6) is 11.5 Å². The molecule has 0 aliphatic rings. The molecule has 0 aliphatic carbocycles. The second kappa shape index (κ2) is 10.1. The van der Waals surface area contributed by atoms with Gasteiger partial charge in [-0.3, -0.25) is 9.52 Å². The minimum Gasteiger partial charge on any atom is -0.494 e. The van der Waals surface area contributed by atoms with Gasteiger partial charge in [0, 0.05) is 11.8 Å². The number of hydrogen-bond donors (Lipinski definition) is 2. The molecule has 1 amide bonds. The van der Waals surface area contributed by atoms with Crippen LogP contribution in [0.3, 0.4) is 0 Å². The van der Waals surface area contributed by atoms with Gasteiger partial charge in [0.05, 0.1) is 17.2 Å². The van der Waals surface area contributed by atoms with Crippen molar-refractivity contribution in [3.05, 3.63) is 78.4 Å². The summed E-state index contributed by atoms with van der Waals surface area (Å²) in [6.45, 7) is 1.87. The molecule has 2 N–H and O–H groups in total. The first kappa shape index (κ1) is 23.0. The Bertz CT molecular complexity index is 1180. The molecule has 3 rings (SSSR count). The topological polar surface area (TPSA) is 93.7 Å². The Balaban J connectivity index is 1.57. The lowest BCUT2D eigenvalue weighted by Gasteiger charge is -2.11.